The molecule has 2 N–H and O–H groups in total. The molecule has 2 unspecified atom stereocenters. The second-order valence-corrected chi connectivity index (χ2v) is 6.10. The normalized spacial score (nSPS) is 18.6. The highest BCUT2D eigenvalue weighted by Crippen LogP contribution is 2.23. The maximum Gasteiger partial charge on any atom is 0.222 e. The first kappa shape index (κ1) is 17.4. The molecule has 2 heterocycles. The molecule has 2 aromatic rings. The van der Waals surface area contributed by atoms with Crippen LogP contribution in [-0.2, 0) is 16.6 Å². The predicted molar refractivity (Wildman–Crippen MR) is 93.4 cm³/mol. The van der Waals surface area contributed by atoms with Crippen molar-refractivity contribution in [3.8, 4) is 5.75 Å². The second kappa shape index (κ2) is 8.13. The Balaban J connectivity index is 1.76. The average Bonchev–Trinajstić information content (AvgIpc) is 3.06. The Bertz CT molecular complexity index is 693. The van der Waals surface area contributed by atoms with E-state index in [1.54, 1.807) is 13.3 Å². The van der Waals surface area contributed by atoms with Gasteiger partial charge in [0.15, 0.2) is 0 Å². The van der Waals surface area contributed by atoms with E-state index in [1.807, 2.05) is 42.1 Å². The van der Waals surface area contributed by atoms with Crippen LogP contribution >= 0.6 is 0 Å². The molecule has 1 aromatic heterocycles. The first-order chi connectivity index (χ1) is 12.2. The minimum absolute atomic E-state index is 0.0354. The third kappa shape index (κ3) is 4.37. The molecule has 0 radical (unpaired) electrons. The van der Waals surface area contributed by atoms with E-state index in [1.165, 1.54) is 0 Å². The van der Waals surface area contributed by atoms with Crippen LogP contribution in [0.3, 0.4) is 0 Å². The Morgan fingerprint density at radius 3 is 2.88 bits per heavy atom. The largest absolute Gasteiger partial charge is 0.497 e. The van der Waals surface area contributed by atoms with Crippen LogP contribution in [0, 0.1) is 0 Å². The summed E-state index contributed by atoms with van der Waals surface area (Å²) in [5, 5.41) is 6.40. The number of benzene rings is 1. The minimum Gasteiger partial charge on any atom is -0.497 e. The molecule has 1 fully saturated rings. The van der Waals surface area contributed by atoms with Crippen LogP contribution in [0.5, 0.6) is 5.75 Å². The molecule has 1 aliphatic rings. The number of nitrogens with zero attached hydrogens (tertiary/aromatic N) is 2. The van der Waals surface area contributed by atoms with Crippen molar-refractivity contribution in [2.24, 2.45) is 7.05 Å². The predicted octanol–water partition coefficient (Wildman–Crippen LogP) is 1.01. The number of aromatic nitrogens is 2. The van der Waals surface area contributed by atoms with Crippen LogP contribution in [0.25, 0.3) is 0 Å². The molecule has 0 aliphatic carbocycles. The van der Waals surface area contributed by atoms with E-state index in [4.69, 9.17) is 9.47 Å². The molecule has 0 spiro atoms. The van der Waals surface area contributed by atoms with Gasteiger partial charge in [0.05, 0.1) is 20.3 Å². The fraction of sp³-hybridized carbons (Fsp3) is 0.444. The van der Waals surface area contributed by atoms with E-state index in [2.05, 4.69) is 15.6 Å². The first-order valence-electron chi connectivity index (χ1n) is 8.39. The van der Waals surface area contributed by atoms with E-state index in [-0.39, 0.29) is 18.0 Å². The number of morpholine rings is 1. The van der Waals surface area contributed by atoms with Crippen molar-refractivity contribution in [1.82, 2.24) is 20.2 Å². The summed E-state index contributed by atoms with van der Waals surface area (Å²) < 4.78 is 12.5. The smallest absolute Gasteiger partial charge is 0.222 e. The van der Waals surface area contributed by atoms with E-state index >= 15 is 0 Å². The quantitative estimate of drug-likeness (QED) is 0.818. The third-order valence-corrected chi connectivity index (χ3v) is 4.30. The van der Waals surface area contributed by atoms with Crippen LogP contribution in [0.2, 0.25) is 0 Å². The molecule has 0 bridgehead atoms. The van der Waals surface area contributed by atoms with Crippen LogP contribution in [0.1, 0.15) is 23.9 Å². The highest BCUT2D eigenvalue weighted by Gasteiger charge is 2.23. The van der Waals surface area contributed by atoms with Crippen molar-refractivity contribution in [3.63, 3.8) is 0 Å². The Labute approximate surface area is 147 Å². The van der Waals surface area contributed by atoms with Gasteiger partial charge in [0.25, 0.3) is 0 Å². The van der Waals surface area contributed by atoms with Crippen molar-refractivity contribution in [2.75, 3.05) is 26.9 Å². The number of hydrogen-bond acceptors (Lipinski definition) is 5. The topological polar surface area (TPSA) is 77.4 Å². The summed E-state index contributed by atoms with van der Waals surface area (Å²) >= 11 is 0. The van der Waals surface area contributed by atoms with Crippen LogP contribution in [0.15, 0.2) is 36.7 Å². The zero-order valence-electron chi connectivity index (χ0n) is 14.6. The lowest BCUT2D eigenvalue weighted by molar-refractivity contribution is -0.122. The molecular weight excluding hydrogens is 320 g/mol. The zero-order valence-corrected chi connectivity index (χ0v) is 14.6. The highest BCUT2D eigenvalue weighted by molar-refractivity contribution is 5.77. The number of nitrogens with one attached hydrogen (secondary N) is 2. The van der Waals surface area contributed by atoms with Crippen LogP contribution < -0.4 is 15.4 Å². The molecule has 134 valence electrons. The number of amides is 1. The van der Waals surface area contributed by atoms with Gasteiger partial charge in [-0.3, -0.25) is 4.79 Å². The first-order valence-corrected chi connectivity index (χ1v) is 8.39. The molecule has 1 aliphatic heterocycles. The monoisotopic (exact) mass is 344 g/mol. The Morgan fingerprint density at radius 2 is 2.28 bits per heavy atom. The standard InChI is InChI=1S/C18H24N4O3/c1-22-9-7-20-18(22)17(13-3-5-15(24-2)6-4-13)21-16(23)11-14-12-25-10-8-19-14/h3-7,9,14,17,19H,8,10-12H2,1-2H3,(H,21,23). The zero-order chi connectivity index (χ0) is 17.6. The summed E-state index contributed by atoms with van der Waals surface area (Å²) in [6, 6.07) is 7.39. The SMILES string of the molecule is COc1ccc(C(NC(=O)CC2COCCN2)c2nccn2C)cc1. The summed E-state index contributed by atoms with van der Waals surface area (Å²) in [5.74, 6) is 1.52. The summed E-state index contributed by atoms with van der Waals surface area (Å²) in [7, 11) is 3.55. The van der Waals surface area contributed by atoms with Gasteiger partial charge >= 0.3 is 0 Å². The number of carbonyl (C=O) groups is 1. The molecular formula is C18H24N4O3. The van der Waals surface area contributed by atoms with Crippen molar-refractivity contribution >= 4 is 5.91 Å². The Kier molecular flexibility index (Phi) is 5.67. The van der Waals surface area contributed by atoms with Crippen molar-refractivity contribution in [3.05, 3.63) is 48.0 Å². The number of hydrogen-bond donors (Lipinski definition) is 2. The molecule has 0 saturated carbocycles. The number of ether oxygens (including phenoxy) is 2. The maximum absolute atomic E-state index is 12.6. The molecule has 25 heavy (non-hydrogen) atoms. The molecule has 7 nitrogen and oxygen atoms in total. The molecule has 1 amide bonds. The molecule has 7 heteroatoms. The van der Waals surface area contributed by atoms with Gasteiger partial charge in [-0.15, -0.1) is 0 Å². The van der Waals surface area contributed by atoms with Crippen molar-refractivity contribution in [2.45, 2.75) is 18.5 Å². The van der Waals surface area contributed by atoms with Gasteiger partial charge in [-0.1, -0.05) is 12.1 Å². The van der Waals surface area contributed by atoms with Crippen molar-refractivity contribution in [1.29, 1.82) is 0 Å². The van der Waals surface area contributed by atoms with E-state index in [0.29, 0.717) is 19.6 Å². The number of aryl methyl sites for hydroxylation is 1. The maximum atomic E-state index is 12.6. The lowest BCUT2D eigenvalue weighted by atomic mass is 10.0. The van der Waals surface area contributed by atoms with Gasteiger partial charge in [0, 0.05) is 38.4 Å². The van der Waals surface area contributed by atoms with Gasteiger partial charge in [-0.2, -0.15) is 0 Å². The summed E-state index contributed by atoms with van der Waals surface area (Å²) in [6.07, 6.45) is 3.97. The number of methoxy groups -OCH3 is 1. The second-order valence-electron chi connectivity index (χ2n) is 6.10. The highest BCUT2D eigenvalue weighted by atomic mass is 16.5. The van der Waals surface area contributed by atoms with E-state index in [0.717, 1.165) is 23.7 Å². The number of carbonyl (C=O) groups excluding carboxylic acids is 1. The van der Waals surface area contributed by atoms with Crippen molar-refractivity contribution < 1.29 is 14.3 Å². The molecule has 1 saturated heterocycles. The van der Waals surface area contributed by atoms with Gasteiger partial charge in [0.2, 0.25) is 5.91 Å². The fourth-order valence-electron chi connectivity index (χ4n) is 2.94. The van der Waals surface area contributed by atoms with E-state index in [9.17, 15) is 4.79 Å². The van der Waals surface area contributed by atoms with Gasteiger partial charge < -0.3 is 24.7 Å². The minimum atomic E-state index is -0.317. The summed E-state index contributed by atoms with van der Waals surface area (Å²) in [4.78, 5) is 17.0. The summed E-state index contributed by atoms with van der Waals surface area (Å²) in [5.41, 5.74) is 0.955. The Hall–Kier alpha value is -2.38. The Morgan fingerprint density at radius 1 is 1.48 bits per heavy atom. The lowest BCUT2D eigenvalue weighted by Gasteiger charge is -2.25. The van der Waals surface area contributed by atoms with Gasteiger partial charge in [-0.05, 0) is 17.7 Å². The molecule has 3 rings (SSSR count). The number of imidazole rings is 1. The molecule has 1 aromatic carbocycles. The fourth-order valence-corrected chi connectivity index (χ4v) is 2.94. The average molecular weight is 344 g/mol. The third-order valence-electron chi connectivity index (χ3n) is 4.30. The van der Waals surface area contributed by atoms with Gasteiger partial charge in [0.1, 0.15) is 17.6 Å². The molecule has 2 atom stereocenters. The van der Waals surface area contributed by atoms with Crippen LogP contribution in [0.4, 0.5) is 0 Å². The summed E-state index contributed by atoms with van der Waals surface area (Å²) in [6.45, 7) is 2.03. The number of rotatable bonds is 6. The van der Waals surface area contributed by atoms with Gasteiger partial charge in [-0.25, -0.2) is 4.98 Å². The lowest BCUT2D eigenvalue weighted by Crippen LogP contribution is -2.44. The van der Waals surface area contributed by atoms with Crippen LogP contribution in [-0.4, -0.2) is 48.4 Å². The van der Waals surface area contributed by atoms with E-state index < -0.39 is 0 Å².